The summed E-state index contributed by atoms with van der Waals surface area (Å²) >= 11 is 0. The highest BCUT2D eigenvalue weighted by molar-refractivity contribution is 5.51. The largest absolute Gasteiger partial charge is 0.385 e. The maximum absolute atomic E-state index is 5.51. The van der Waals surface area contributed by atoms with Gasteiger partial charge in [-0.3, -0.25) is 0 Å². The van der Waals surface area contributed by atoms with E-state index in [1.807, 2.05) is 0 Å². The molecule has 0 aliphatic rings. The Kier molecular flexibility index (Phi) is 5.81. The van der Waals surface area contributed by atoms with Crippen molar-refractivity contribution in [1.82, 2.24) is 0 Å². The molecular weight excluding hydrogens is 186 g/mol. The van der Waals surface area contributed by atoms with Gasteiger partial charge >= 0.3 is 0 Å². The highest BCUT2D eigenvalue weighted by Gasteiger charge is 1.99. The molecule has 0 fully saturated rings. The Morgan fingerprint density at radius 1 is 1.00 bits per heavy atom. The van der Waals surface area contributed by atoms with E-state index in [1.165, 1.54) is 11.3 Å². The van der Waals surface area contributed by atoms with Gasteiger partial charge in [0.15, 0.2) is 0 Å². The molecule has 0 aliphatic heterocycles. The molecule has 0 saturated carbocycles. The molecule has 15 heavy (non-hydrogen) atoms. The van der Waals surface area contributed by atoms with Crippen LogP contribution in [0.25, 0.3) is 0 Å². The van der Waals surface area contributed by atoms with Gasteiger partial charge < -0.3 is 16.8 Å². The van der Waals surface area contributed by atoms with Crippen molar-refractivity contribution in [2.75, 3.05) is 25.0 Å². The molecule has 0 radical (unpaired) electrons. The van der Waals surface area contributed by atoms with Gasteiger partial charge in [0.05, 0.1) is 0 Å². The molecule has 3 nitrogen and oxygen atoms in total. The second-order valence-electron chi connectivity index (χ2n) is 3.62. The number of anilines is 1. The summed E-state index contributed by atoms with van der Waals surface area (Å²) in [5.74, 6) is 0. The summed E-state index contributed by atoms with van der Waals surface area (Å²) in [6.45, 7) is 2.42. The number of hydrogen-bond donors (Lipinski definition) is 3. The summed E-state index contributed by atoms with van der Waals surface area (Å²) in [5.41, 5.74) is 13.5. The number of benzene rings is 1. The number of para-hydroxylation sites is 1. The van der Waals surface area contributed by atoms with Crippen LogP contribution < -0.4 is 16.8 Å². The Morgan fingerprint density at radius 2 is 1.73 bits per heavy atom. The highest BCUT2D eigenvalue weighted by atomic mass is 14.9. The van der Waals surface area contributed by atoms with Crippen LogP contribution in [0.1, 0.15) is 18.4 Å². The Balaban J connectivity index is 2.52. The van der Waals surface area contributed by atoms with Crippen LogP contribution in [0.5, 0.6) is 0 Å². The van der Waals surface area contributed by atoms with Crippen molar-refractivity contribution in [1.29, 1.82) is 0 Å². The predicted octanol–water partition coefficient (Wildman–Crippen LogP) is 1.34. The van der Waals surface area contributed by atoms with Crippen LogP contribution in [0.3, 0.4) is 0 Å². The molecule has 0 aliphatic carbocycles. The van der Waals surface area contributed by atoms with Gasteiger partial charge in [-0.1, -0.05) is 18.2 Å². The molecule has 0 atom stereocenters. The summed E-state index contributed by atoms with van der Waals surface area (Å²) < 4.78 is 0. The van der Waals surface area contributed by atoms with E-state index in [9.17, 15) is 0 Å². The molecule has 84 valence electrons. The van der Waals surface area contributed by atoms with Crippen molar-refractivity contribution in [2.45, 2.75) is 19.3 Å². The fraction of sp³-hybridized carbons (Fsp3) is 0.500. The van der Waals surface area contributed by atoms with Gasteiger partial charge in [-0.25, -0.2) is 0 Å². The molecule has 1 aromatic rings. The van der Waals surface area contributed by atoms with Crippen molar-refractivity contribution >= 4 is 5.69 Å². The van der Waals surface area contributed by atoms with Gasteiger partial charge in [0.1, 0.15) is 0 Å². The summed E-state index contributed by atoms with van der Waals surface area (Å²) in [4.78, 5) is 0. The second kappa shape index (κ2) is 7.26. The van der Waals surface area contributed by atoms with Gasteiger partial charge in [0, 0.05) is 12.2 Å². The van der Waals surface area contributed by atoms with Crippen LogP contribution in [0.4, 0.5) is 5.69 Å². The smallest absolute Gasteiger partial charge is 0.0372 e. The quantitative estimate of drug-likeness (QED) is 0.591. The van der Waals surface area contributed by atoms with Crippen molar-refractivity contribution in [3.05, 3.63) is 29.8 Å². The zero-order valence-corrected chi connectivity index (χ0v) is 9.21. The summed E-state index contributed by atoms with van der Waals surface area (Å²) in [7, 11) is 0. The molecule has 1 rings (SSSR count). The van der Waals surface area contributed by atoms with Crippen LogP contribution in [0.2, 0.25) is 0 Å². The van der Waals surface area contributed by atoms with Crippen LogP contribution in [0, 0.1) is 0 Å². The van der Waals surface area contributed by atoms with E-state index in [4.69, 9.17) is 11.5 Å². The van der Waals surface area contributed by atoms with Crippen molar-refractivity contribution in [3.8, 4) is 0 Å². The lowest BCUT2D eigenvalue weighted by Crippen LogP contribution is -2.10. The first kappa shape index (κ1) is 12.0. The lowest BCUT2D eigenvalue weighted by Gasteiger charge is -2.11. The minimum Gasteiger partial charge on any atom is -0.385 e. The summed E-state index contributed by atoms with van der Waals surface area (Å²) in [5, 5.41) is 3.40. The maximum atomic E-state index is 5.51. The first-order chi connectivity index (χ1) is 7.38. The fourth-order valence-corrected chi connectivity index (χ4v) is 1.53. The van der Waals surface area contributed by atoms with E-state index < -0.39 is 0 Å². The topological polar surface area (TPSA) is 64.1 Å². The third-order valence-electron chi connectivity index (χ3n) is 2.36. The lowest BCUT2D eigenvalue weighted by molar-refractivity contribution is 0.828. The molecule has 5 N–H and O–H groups in total. The molecule has 0 aromatic heterocycles. The zero-order valence-electron chi connectivity index (χ0n) is 9.21. The molecule has 0 spiro atoms. The van der Waals surface area contributed by atoms with Gasteiger partial charge in [0.25, 0.3) is 0 Å². The molecule has 0 unspecified atom stereocenters. The van der Waals surface area contributed by atoms with Crippen LogP contribution in [-0.2, 0) is 6.42 Å². The van der Waals surface area contributed by atoms with E-state index in [2.05, 4.69) is 29.6 Å². The van der Waals surface area contributed by atoms with Gasteiger partial charge in [-0.05, 0) is 44.0 Å². The van der Waals surface area contributed by atoms with Crippen molar-refractivity contribution in [3.63, 3.8) is 0 Å². The minimum absolute atomic E-state index is 0.734. The molecular formula is C12H21N3. The molecule has 0 bridgehead atoms. The third-order valence-corrected chi connectivity index (χ3v) is 2.36. The van der Waals surface area contributed by atoms with Crippen LogP contribution >= 0.6 is 0 Å². The van der Waals surface area contributed by atoms with E-state index in [-0.39, 0.29) is 0 Å². The SMILES string of the molecule is NCCCNc1ccccc1CCCN. The van der Waals surface area contributed by atoms with Crippen LogP contribution in [-0.4, -0.2) is 19.6 Å². The van der Waals surface area contributed by atoms with Gasteiger partial charge in [-0.15, -0.1) is 0 Å². The van der Waals surface area contributed by atoms with E-state index in [0.717, 1.165) is 38.9 Å². The monoisotopic (exact) mass is 207 g/mol. The minimum atomic E-state index is 0.734. The third kappa shape index (κ3) is 4.32. The van der Waals surface area contributed by atoms with Gasteiger partial charge in [-0.2, -0.15) is 0 Å². The molecule has 0 saturated heterocycles. The first-order valence-corrected chi connectivity index (χ1v) is 5.60. The number of rotatable bonds is 7. The Bertz CT molecular complexity index is 273. The number of hydrogen-bond acceptors (Lipinski definition) is 3. The van der Waals surface area contributed by atoms with E-state index in [0.29, 0.717) is 0 Å². The van der Waals surface area contributed by atoms with Crippen LogP contribution in [0.15, 0.2) is 24.3 Å². The van der Waals surface area contributed by atoms with Gasteiger partial charge in [0.2, 0.25) is 0 Å². The highest BCUT2D eigenvalue weighted by Crippen LogP contribution is 2.16. The Hall–Kier alpha value is -1.06. The number of aryl methyl sites for hydroxylation is 1. The normalized spacial score (nSPS) is 10.3. The second-order valence-corrected chi connectivity index (χ2v) is 3.62. The van der Waals surface area contributed by atoms with E-state index in [1.54, 1.807) is 0 Å². The number of nitrogens with one attached hydrogen (secondary N) is 1. The van der Waals surface area contributed by atoms with Crippen molar-refractivity contribution in [2.24, 2.45) is 11.5 Å². The average Bonchev–Trinajstić information content (AvgIpc) is 2.28. The molecule has 0 amide bonds. The molecule has 0 heterocycles. The lowest BCUT2D eigenvalue weighted by atomic mass is 10.1. The summed E-state index contributed by atoms with van der Waals surface area (Å²) in [6, 6.07) is 8.39. The Morgan fingerprint density at radius 3 is 2.47 bits per heavy atom. The first-order valence-electron chi connectivity index (χ1n) is 5.60. The Labute approximate surface area is 91.9 Å². The standard InChI is InChI=1S/C12H21N3/c13-8-3-6-11-5-1-2-7-12(11)15-10-4-9-14/h1-2,5,7,15H,3-4,6,8-10,13-14H2. The maximum Gasteiger partial charge on any atom is 0.0372 e. The zero-order chi connectivity index (χ0) is 10.9. The predicted molar refractivity (Wildman–Crippen MR) is 66.0 cm³/mol. The average molecular weight is 207 g/mol. The number of nitrogens with two attached hydrogens (primary N) is 2. The van der Waals surface area contributed by atoms with E-state index >= 15 is 0 Å². The molecule has 1 aromatic carbocycles. The van der Waals surface area contributed by atoms with Crippen molar-refractivity contribution < 1.29 is 0 Å². The molecule has 3 heteroatoms. The fourth-order valence-electron chi connectivity index (χ4n) is 1.53. The summed E-state index contributed by atoms with van der Waals surface area (Å²) in [6.07, 6.45) is 3.09.